The van der Waals surface area contributed by atoms with Crippen molar-refractivity contribution in [3.05, 3.63) is 40.4 Å². The van der Waals surface area contributed by atoms with Crippen molar-refractivity contribution in [2.45, 2.75) is 17.0 Å². The third-order valence-electron chi connectivity index (χ3n) is 2.11. The molecule has 18 heavy (non-hydrogen) atoms. The number of rotatable bonds is 3. The molecular formula is C13H12N2OS2. The highest BCUT2D eigenvalue weighted by atomic mass is 32.2. The lowest BCUT2D eigenvalue weighted by Crippen LogP contribution is -1.83. The second-order valence-corrected chi connectivity index (χ2v) is 5.94. The number of aromatic nitrogens is 2. The van der Waals surface area contributed by atoms with E-state index in [1.165, 1.54) is 5.56 Å². The van der Waals surface area contributed by atoms with Gasteiger partial charge in [0.15, 0.2) is 4.34 Å². The van der Waals surface area contributed by atoms with Crippen LogP contribution in [-0.4, -0.2) is 21.9 Å². The minimum absolute atomic E-state index is 0.108. The first kappa shape index (κ1) is 13.1. The summed E-state index contributed by atoms with van der Waals surface area (Å²) in [5, 5.41) is 17.7. The van der Waals surface area contributed by atoms with E-state index in [4.69, 9.17) is 5.11 Å². The van der Waals surface area contributed by atoms with Gasteiger partial charge >= 0.3 is 0 Å². The van der Waals surface area contributed by atoms with Gasteiger partial charge in [0.05, 0.1) is 0 Å². The van der Waals surface area contributed by atoms with Crippen LogP contribution in [0.3, 0.4) is 0 Å². The molecule has 2 aromatic rings. The molecule has 3 nitrogen and oxygen atoms in total. The van der Waals surface area contributed by atoms with Crippen LogP contribution in [0.4, 0.5) is 0 Å². The molecule has 0 aliphatic heterocycles. The topological polar surface area (TPSA) is 46.0 Å². The molecule has 0 saturated carbocycles. The second-order valence-electron chi connectivity index (χ2n) is 3.54. The molecule has 0 bridgehead atoms. The summed E-state index contributed by atoms with van der Waals surface area (Å²) in [5.41, 5.74) is 2.12. The second kappa shape index (κ2) is 6.55. The van der Waals surface area contributed by atoms with Crippen LogP contribution in [-0.2, 0) is 5.75 Å². The lowest BCUT2D eigenvalue weighted by Gasteiger charge is -1.99. The zero-order valence-electron chi connectivity index (χ0n) is 9.88. The Morgan fingerprint density at radius 2 is 2.28 bits per heavy atom. The van der Waals surface area contributed by atoms with Crippen LogP contribution >= 0.6 is 23.1 Å². The molecule has 0 aliphatic carbocycles. The number of aryl methyl sites for hydroxylation is 1. The van der Waals surface area contributed by atoms with Gasteiger partial charge in [-0.15, -0.1) is 10.2 Å². The lowest BCUT2D eigenvalue weighted by atomic mass is 10.1. The Morgan fingerprint density at radius 1 is 1.39 bits per heavy atom. The Hall–Kier alpha value is -1.35. The largest absolute Gasteiger partial charge is 0.384 e. The molecule has 0 atom stereocenters. The van der Waals surface area contributed by atoms with Gasteiger partial charge in [-0.25, -0.2) is 0 Å². The van der Waals surface area contributed by atoms with Crippen LogP contribution in [0.5, 0.6) is 0 Å². The van der Waals surface area contributed by atoms with Crippen LogP contribution in [0, 0.1) is 18.8 Å². The third kappa shape index (κ3) is 3.84. The maximum atomic E-state index is 8.66. The maximum absolute atomic E-state index is 8.66. The molecule has 0 fully saturated rings. The predicted octanol–water partition coefficient (Wildman–Crippen LogP) is 2.48. The van der Waals surface area contributed by atoms with E-state index in [1.54, 1.807) is 23.1 Å². The molecule has 1 aromatic carbocycles. The summed E-state index contributed by atoms with van der Waals surface area (Å²) >= 11 is 3.28. The fourth-order valence-electron chi connectivity index (χ4n) is 1.36. The van der Waals surface area contributed by atoms with Crippen molar-refractivity contribution in [3.63, 3.8) is 0 Å². The van der Waals surface area contributed by atoms with Crippen molar-refractivity contribution in [2.75, 3.05) is 6.61 Å². The van der Waals surface area contributed by atoms with E-state index in [-0.39, 0.29) is 6.61 Å². The summed E-state index contributed by atoms with van der Waals surface area (Å²) in [6.45, 7) is 1.84. The monoisotopic (exact) mass is 276 g/mol. The molecule has 0 spiro atoms. The fourth-order valence-corrected chi connectivity index (χ4v) is 3.12. The highest BCUT2D eigenvalue weighted by Gasteiger charge is 2.02. The molecule has 1 aromatic heterocycles. The zero-order valence-corrected chi connectivity index (χ0v) is 11.5. The lowest BCUT2D eigenvalue weighted by molar-refractivity contribution is 0.350. The van der Waals surface area contributed by atoms with E-state index >= 15 is 0 Å². The van der Waals surface area contributed by atoms with Gasteiger partial charge in [0.2, 0.25) is 0 Å². The van der Waals surface area contributed by atoms with Crippen LogP contribution in [0.1, 0.15) is 16.1 Å². The van der Waals surface area contributed by atoms with Gasteiger partial charge in [-0.3, -0.25) is 0 Å². The van der Waals surface area contributed by atoms with Crippen molar-refractivity contribution in [2.24, 2.45) is 0 Å². The van der Waals surface area contributed by atoms with Crippen molar-refractivity contribution >= 4 is 23.1 Å². The predicted molar refractivity (Wildman–Crippen MR) is 74.6 cm³/mol. The molecule has 0 saturated heterocycles. The first-order valence-corrected chi connectivity index (χ1v) is 7.20. The summed E-state index contributed by atoms with van der Waals surface area (Å²) in [4.78, 5) is 0. The van der Waals surface area contributed by atoms with Crippen LogP contribution in [0.2, 0.25) is 0 Å². The Balaban J connectivity index is 2.01. The first-order valence-electron chi connectivity index (χ1n) is 5.39. The minimum atomic E-state index is -0.108. The number of hydrogen-bond acceptors (Lipinski definition) is 5. The number of hydrogen-bond donors (Lipinski definition) is 1. The highest BCUT2D eigenvalue weighted by molar-refractivity contribution is 8.00. The number of aliphatic hydroxyl groups is 1. The van der Waals surface area contributed by atoms with Gasteiger partial charge in [0, 0.05) is 11.3 Å². The Morgan fingerprint density at radius 3 is 3.00 bits per heavy atom. The average molecular weight is 276 g/mol. The summed E-state index contributed by atoms with van der Waals surface area (Å²) < 4.78 is 0.986. The summed E-state index contributed by atoms with van der Waals surface area (Å²) in [6.07, 6.45) is 0. The molecule has 1 N–H and O–H groups in total. The standard InChI is InChI=1S/C13H12N2OS2/c1-10-14-15-13(18-10)17-9-12-5-2-4-11(8-12)6-3-7-16/h2,4-5,8,16H,7,9H2,1H3. The van der Waals surface area contributed by atoms with Gasteiger partial charge in [0.25, 0.3) is 0 Å². The molecule has 0 unspecified atom stereocenters. The molecular weight excluding hydrogens is 264 g/mol. The van der Waals surface area contributed by atoms with Crippen molar-refractivity contribution < 1.29 is 5.11 Å². The molecule has 0 amide bonds. The van der Waals surface area contributed by atoms with Crippen LogP contribution in [0.25, 0.3) is 0 Å². The Kier molecular flexibility index (Phi) is 4.76. The van der Waals surface area contributed by atoms with Gasteiger partial charge in [-0.2, -0.15) is 0 Å². The van der Waals surface area contributed by atoms with Crippen molar-refractivity contribution in [1.82, 2.24) is 10.2 Å². The van der Waals surface area contributed by atoms with E-state index in [0.717, 1.165) is 20.7 Å². The average Bonchev–Trinajstić information content (AvgIpc) is 2.80. The molecule has 5 heteroatoms. The number of aliphatic hydroxyl groups excluding tert-OH is 1. The molecule has 92 valence electrons. The fraction of sp³-hybridized carbons (Fsp3) is 0.231. The number of thioether (sulfide) groups is 1. The van der Waals surface area contributed by atoms with Crippen molar-refractivity contribution in [3.8, 4) is 11.8 Å². The molecule has 1 heterocycles. The molecule has 2 rings (SSSR count). The van der Waals surface area contributed by atoms with E-state index in [2.05, 4.69) is 28.1 Å². The summed E-state index contributed by atoms with van der Waals surface area (Å²) in [7, 11) is 0. The SMILES string of the molecule is Cc1nnc(SCc2cccc(C#CCO)c2)s1. The van der Waals surface area contributed by atoms with Gasteiger partial charge in [-0.1, -0.05) is 47.1 Å². The van der Waals surface area contributed by atoms with Crippen LogP contribution in [0.15, 0.2) is 28.6 Å². The number of nitrogens with zero attached hydrogens (tertiary/aromatic N) is 2. The van der Waals surface area contributed by atoms with Gasteiger partial charge < -0.3 is 5.11 Å². The Bertz CT molecular complexity index is 584. The smallest absolute Gasteiger partial charge is 0.174 e. The normalized spacial score (nSPS) is 9.89. The van der Waals surface area contributed by atoms with E-state index in [1.807, 2.05) is 25.1 Å². The van der Waals surface area contributed by atoms with Gasteiger partial charge in [0.1, 0.15) is 11.6 Å². The highest BCUT2D eigenvalue weighted by Crippen LogP contribution is 2.25. The van der Waals surface area contributed by atoms with E-state index < -0.39 is 0 Å². The minimum Gasteiger partial charge on any atom is -0.384 e. The quantitative estimate of drug-likeness (QED) is 0.691. The summed E-state index contributed by atoms with van der Waals surface area (Å²) in [6, 6.07) is 8.00. The molecule has 0 radical (unpaired) electrons. The Labute approximate surface area is 114 Å². The molecule has 0 aliphatic rings. The maximum Gasteiger partial charge on any atom is 0.174 e. The van der Waals surface area contributed by atoms with Crippen LogP contribution < -0.4 is 0 Å². The van der Waals surface area contributed by atoms with Crippen molar-refractivity contribution in [1.29, 1.82) is 0 Å². The zero-order chi connectivity index (χ0) is 12.8. The summed E-state index contributed by atoms with van der Waals surface area (Å²) in [5.74, 6) is 6.40. The first-order chi connectivity index (χ1) is 8.78. The van der Waals surface area contributed by atoms with E-state index in [9.17, 15) is 0 Å². The van der Waals surface area contributed by atoms with E-state index in [0.29, 0.717) is 0 Å². The van der Waals surface area contributed by atoms with Gasteiger partial charge in [-0.05, 0) is 24.6 Å². The third-order valence-corrected chi connectivity index (χ3v) is 4.15. The number of benzene rings is 1.